The third-order valence-corrected chi connectivity index (χ3v) is 1.33. The Morgan fingerprint density at radius 2 is 2.27 bits per heavy atom. The first kappa shape index (κ1) is 6.03. The molecule has 2 heterocycles. The van der Waals surface area contributed by atoms with E-state index in [-0.39, 0.29) is 10.9 Å². The molecule has 2 aromatic heterocycles. The zero-order valence-electron chi connectivity index (χ0n) is 5.52. The van der Waals surface area contributed by atoms with Crippen molar-refractivity contribution in [3.63, 3.8) is 0 Å². The molecular weight excluding hydrogens is 144 g/mol. The smallest absolute Gasteiger partial charge is 0.212 e. The highest BCUT2D eigenvalue weighted by molar-refractivity contribution is 5.69. The van der Waals surface area contributed by atoms with Crippen molar-refractivity contribution in [3.05, 3.63) is 34.8 Å². The van der Waals surface area contributed by atoms with Crippen molar-refractivity contribution >= 4 is 11.1 Å². The second-order valence-corrected chi connectivity index (χ2v) is 2.03. The average molecular weight is 148 g/mol. The van der Waals surface area contributed by atoms with Crippen LogP contribution in [0.25, 0.3) is 11.1 Å². The molecule has 0 aliphatic carbocycles. The van der Waals surface area contributed by atoms with Gasteiger partial charge in [0.1, 0.15) is 0 Å². The highest BCUT2D eigenvalue weighted by atomic mass is 16.3. The normalized spacial score (nSPS) is 10.2. The summed E-state index contributed by atoms with van der Waals surface area (Å²) < 4.78 is 4.99. The summed E-state index contributed by atoms with van der Waals surface area (Å²) in [6.07, 6.45) is 2.82. The minimum absolute atomic E-state index is 0.167. The van der Waals surface area contributed by atoms with E-state index in [0.29, 0.717) is 5.58 Å². The molecule has 0 aliphatic heterocycles. The van der Waals surface area contributed by atoms with Crippen molar-refractivity contribution in [2.45, 2.75) is 0 Å². The number of nitrogens with zero attached hydrogens (tertiary/aromatic N) is 2. The average Bonchev–Trinajstić information content (AvgIpc) is 2.06. The minimum Gasteiger partial charge on any atom is -0.462 e. The van der Waals surface area contributed by atoms with Gasteiger partial charge >= 0.3 is 0 Å². The van der Waals surface area contributed by atoms with E-state index in [1.54, 1.807) is 6.07 Å². The maximum Gasteiger partial charge on any atom is 0.212 e. The molecule has 0 N–H and O–H groups in total. The maximum absolute atomic E-state index is 11.0. The molecule has 0 saturated carbocycles. The van der Waals surface area contributed by atoms with Crippen LogP contribution in [0.15, 0.2) is 33.8 Å². The minimum atomic E-state index is -0.167. The van der Waals surface area contributed by atoms with E-state index in [9.17, 15) is 4.79 Å². The lowest BCUT2D eigenvalue weighted by molar-refractivity contribution is 0.599. The van der Waals surface area contributed by atoms with Gasteiger partial charge in [0.25, 0.3) is 0 Å². The molecule has 2 rings (SSSR count). The fourth-order valence-electron chi connectivity index (χ4n) is 0.834. The van der Waals surface area contributed by atoms with Gasteiger partial charge in [-0.15, -0.1) is 5.10 Å². The highest BCUT2D eigenvalue weighted by Crippen LogP contribution is 2.01. The monoisotopic (exact) mass is 148 g/mol. The van der Waals surface area contributed by atoms with Gasteiger partial charge in [-0.3, -0.25) is 4.79 Å². The summed E-state index contributed by atoms with van der Waals surface area (Å²) in [6, 6.07) is 2.92. The van der Waals surface area contributed by atoms with Crippen molar-refractivity contribution in [3.8, 4) is 0 Å². The van der Waals surface area contributed by atoms with Gasteiger partial charge in [0.2, 0.25) is 5.43 Å². The van der Waals surface area contributed by atoms with Crippen molar-refractivity contribution in [2.24, 2.45) is 0 Å². The quantitative estimate of drug-likeness (QED) is 0.548. The SMILES string of the molecule is O=c1ccoc2ccnnc12. The molecule has 11 heavy (non-hydrogen) atoms. The summed E-state index contributed by atoms with van der Waals surface area (Å²) in [7, 11) is 0. The zero-order chi connectivity index (χ0) is 7.68. The van der Waals surface area contributed by atoms with Gasteiger partial charge in [0, 0.05) is 12.1 Å². The Hall–Kier alpha value is -1.71. The van der Waals surface area contributed by atoms with Crippen molar-refractivity contribution in [2.75, 3.05) is 0 Å². The Morgan fingerprint density at radius 1 is 1.36 bits per heavy atom. The second-order valence-electron chi connectivity index (χ2n) is 2.03. The molecular formula is C7H4N2O2. The van der Waals surface area contributed by atoms with Crippen LogP contribution in [0.5, 0.6) is 0 Å². The molecule has 0 bridgehead atoms. The molecule has 2 aromatic rings. The van der Waals surface area contributed by atoms with Crippen LogP contribution in [-0.4, -0.2) is 10.2 Å². The molecule has 0 fully saturated rings. The van der Waals surface area contributed by atoms with Crippen molar-refractivity contribution in [1.82, 2.24) is 10.2 Å². The molecule has 4 heteroatoms. The summed E-state index contributed by atoms with van der Waals surface area (Å²) in [6.45, 7) is 0. The summed E-state index contributed by atoms with van der Waals surface area (Å²) in [4.78, 5) is 11.0. The van der Waals surface area contributed by atoms with Gasteiger partial charge in [-0.1, -0.05) is 0 Å². The highest BCUT2D eigenvalue weighted by Gasteiger charge is 1.98. The Balaban J connectivity index is 3.03. The molecule has 0 spiro atoms. The van der Waals surface area contributed by atoms with Crippen LogP contribution in [0.4, 0.5) is 0 Å². The number of fused-ring (bicyclic) bond motifs is 1. The van der Waals surface area contributed by atoms with Gasteiger partial charge in [0.15, 0.2) is 11.1 Å². The predicted octanol–water partition coefficient (Wildman–Crippen LogP) is 0.583. The molecule has 0 saturated heterocycles. The van der Waals surface area contributed by atoms with Crippen LogP contribution in [-0.2, 0) is 0 Å². The van der Waals surface area contributed by atoms with E-state index in [2.05, 4.69) is 10.2 Å². The van der Waals surface area contributed by atoms with Crippen molar-refractivity contribution in [1.29, 1.82) is 0 Å². The molecule has 0 aromatic carbocycles. The lowest BCUT2D eigenvalue weighted by Gasteiger charge is -1.89. The number of hydrogen-bond donors (Lipinski definition) is 0. The zero-order valence-corrected chi connectivity index (χ0v) is 5.52. The van der Waals surface area contributed by atoms with Crippen LogP contribution in [0, 0.1) is 0 Å². The summed E-state index contributed by atoms with van der Waals surface area (Å²) in [5.41, 5.74) is 0.571. The van der Waals surface area contributed by atoms with Gasteiger partial charge in [-0.2, -0.15) is 5.10 Å². The van der Waals surface area contributed by atoms with E-state index in [1.807, 2.05) is 0 Å². The first-order valence-electron chi connectivity index (χ1n) is 3.07. The third kappa shape index (κ3) is 0.881. The Labute approximate surface area is 61.5 Å². The van der Waals surface area contributed by atoms with E-state index < -0.39 is 0 Å². The predicted molar refractivity (Wildman–Crippen MR) is 38.1 cm³/mol. The van der Waals surface area contributed by atoms with Crippen molar-refractivity contribution < 1.29 is 4.42 Å². The molecule has 0 unspecified atom stereocenters. The maximum atomic E-state index is 11.0. The fourth-order valence-corrected chi connectivity index (χ4v) is 0.834. The third-order valence-electron chi connectivity index (χ3n) is 1.33. The van der Waals surface area contributed by atoms with Gasteiger partial charge in [-0.05, 0) is 0 Å². The van der Waals surface area contributed by atoms with Crippen LogP contribution >= 0.6 is 0 Å². The fraction of sp³-hybridized carbons (Fsp3) is 0. The topological polar surface area (TPSA) is 56.0 Å². The van der Waals surface area contributed by atoms with Crippen LogP contribution in [0.3, 0.4) is 0 Å². The Morgan fingerprint density at radius 3 is 3.09 bits per heavy atom. The van der Waals surface area contributed by atoms with E-state index in [1.165, 1.54) is 18.5 Å². The van der Waals surface area contributed by atoms with Gasteiger partial charge in [-0.25, -0.2) is 0 Å². The lowest BCUT2D eigenvalue weighted by Crippen LogP contribution is -2.00. The molecule has 0 amide bonds. The van der Waals surface area contributed by atoms with Gasteiger partial charge < -0.3 is 4.42 Å². The first-order valence-corrected chi connectivity index (χ1v) is 3.07. The molecule has 0 aliphatic rings. The summed E-state index contributed by atoms with van der Waals surface area (Å²) >= 11 is 0. The van der Waals surface area contributed by atoms with Crippen LogP contribution in [0.1, 0.15) is 0 Å². The molecule has 0 atom stereocenters. The first-order chi connectivity index (χ1) is 5.38. The van der Waals surface area contributed by atoms with Crippen LogP contribution in [0.2, 0.25) is 0 Å². The Bertz CT molecular complexity index is 430. The molecule has 4 nitrogen and oxygen atoms in total. The van der Waals surface area contributed by atoms with E-state index in [0.717, 1.165) is 0 Å². The standard InChI is InChI=1S/C7H4N2O2/c10-5-2-4-11-6-1-3-8-9-7(5)6/h1-4H. The largest absolute Gasteiger partial charge is 0.462 e. The van der Waals surface area contributed by atoms with Crippen LogP contribution < -0.4 is 5.43 Å². The molecule has 0 radical (unpaired) electrons. The second kappa shape index (κ2) is 2.16. The number of hydrogen-bond acceptors (Lipinski definition) is 4. The summed E-state index contributed by atoms with van der Waals surface area (Å²) in [5.74, 6) is 0. The Kier molecular flexibility index (Phi) is 1.18. The lowest BCUT2D eigenvalue weighted by atomic mass is 10.4. The van der Waals surface area contributed by atoms with E-state index in [4.69, 9.17) is 4.42 Å². The summed E-state index contributed by atoms with van der Waals surface area (Å²) in [5, 5.41) is 7.19. The number of aromatic nitrogens is 2. The molecule has 54 valence electrons. The van der Waals surface area contributed by atoms with E-state index >= 15 is 0 Å². The van der Waals surface area contributed by atoms with Gasteiger partial charge in [0.05, 0.1) is 12.5 Å². The number of rotatable bonds is 0.